The van der Waals surface area contributed by atoms with Gasteiger partial charge in [-0.1, -0.05) is 64.3 Å². The van der Waals surface area contributed by atoms with Crippen LogP contribution in [-0.2, 0) is 0 Å². The number of hydrogen-bond acceptors (Lipinski definition) is 1. The zero-order valence-electron chi connectivity index (χ0n) is 14.2. The van der Waals surface area contributed by atoms with Crippen LogP contribution in [0.2, 0.25) is 0 Å². The maximum atomic E-state index is 5.52. The van der Waals surface area contributed by atoms with Crippen molar-refractivity contribution in [1.29, 1.82) is 0 Å². The first-order chi connectivity index (χ1) is 10.6. The highest BCUT2D eigenvalue weighted by Gasteiger charge is 2.16. The summed E-state index contributed by atoms with van der Waals surface area (Å²) in [6.07, 6.45) is 7.57. The minimum atomic E-state index is 0.296. The van der Waals surface area contributed by atoms with E-state index in [1.54, 1.807) is 0 Å². The molecule has 2 N–H and O–H groups in total. The summed E-state index contributed by atoms with van der Waals surface area (Å²) in [6.45, 7) is 6.67. The molecule has 0 aliphatic heterocycles. The average molecular weight is 319 g/mol. The molecule has 1 atom stereocenters. The van der Waals surface area contributed by atoms with Crippen LogP contribution in [0.5, 0.6) is 0 Å². The van der Waals surface area contributed by atoms with Crippen LogP contribution in [0, 0.1) is 0 Å². The molecular weight excluding hydrogens is 288 g/mol. The summed E-state index contributed by atoms with van der Waals surface area (Å²) < 4.78 is 0. The lowest BCUT2D eigenvalue weighted by Crippen LogP contribution is -2.43. The van der Waals surface area contributed by atoms with E-state index < -0.39 is 0 Å². The Hall–Kier alpha value is -1.09. The van der Waals surface area contributed by atoms with E-state index in [4.69, 9.17) is 12.2 Å². The molecule has 1 aromatic carbocycles. The number of hydrogen-bond donors (Lipinski definition) is 2. The Balaban J connectivity index is 1.91. The van der Waals surface area contributed by atoms with Gasteiger partial charge in [0.2, 0.25) is 0 Å². The first kappa shape index (κ1) is 17.3. The van der Waals surface area contributed by atoms with Gasteiger partial charge in [0.25, 0.3) is 0 Å². The van der Waals surface area contributed by atoms with Gasteiger partial charge in [-0.3, -0.25) is 0 Å². The van der Waals surface area contributed by atoms with Crippen LogP contribution in [0.3, 0.4) is 0 Å². The van der Waals surface area contributed by atoms with Gasteiger partial charge < -0.3 is 10.6 Å². The number of rotatable bonds is 5. The predicted octanol–water partition coefficient (Wildman–Crippen LogP) is 5.06. The fourth-order valence-corrected chi connectivity index (χ4v) is 3.48. The maximum absolute atomic E-state index is 5.52. The zero-order chi connectivity index (χ0) is 15.9. The van der Waals surface area contributed by atoms with Gasteiger partial charge in [0.15, 0.2) is 5.11 Å². The van der Waals surface area contributed by atoms with Gasteiger partial charge in [-0.2, -0.15) is 0 Å². The monoisotopic (exact) mass is 318 g/mol. The Labute approximate surface area is 141 Å². The lowest BCUT2D eigenvalue weighted by Gasteiger charge is -2.27. The number of thiocarbonyl (C=S) groups is 1. The summed E-state index contributed by atoms with van der Waals surface area (Å²) in [6, 6.07) is 9.81. The van der Waals surface area contributed by atoms with Gasteiger partial charge in [-0.05, 0) is 48.5 Å². The number of nitrogens with one attached hydrogen (secondary N) is 2. The van der Waals surface area contributed by atoms with Gasteiger partial charge in [0.05, 0.1) is 6.04 Å². The minimum absolute atomic E-state index is 0.296. The average Bonchev–Trinajstić information content (AvgIpc) is 2.53. The molecular formula is C19H30N2S. The van der Waals surface area contributed by atoms with Crippen molar-refractivity contribution in [3.8, 4) is 0 Å². The van der Waals surface area contributed by atoms with Gasteiger partial charge in [0, 0.05) is 6.04 Å². The normalized spacial score (nSPS) is 17.3. The third-order valence-electron chi connectivity index (χ3n) is 4.66. The van der Waals surface area contributed by atoms with Crippen molar-refractivity contribution in [2.75, 3.05) is 0 Å². The van der Waals surface area contributed by atoms with Crippen molar-refractivity contribution in [2.24, 2.45) is 0 Å². The van der Waals surface area contributed by atoms with Crippen molar-refractivity contribution >= 4 is 17.3 Å². The zero-order valence-corrected chi connectivity index (χ0v) is 15.0. The van der Waals surface area contributed by atoms with Crippen LogP contribution in [0.1, 0.15) is 82.4 Å². The highest BCUT2D eigenvalue weighted by Crippen LogP contribution is 2.21. The highest BCUT2D eigenvalue weighted by atomic mass is 32.1. The summed E-state index contributed by atoms with van der Waals surface area (Å²) in [4.78, 5) is 0. The molecule has 2 nitrogen and oxygen atoms in total. The summed E-state index contributed by atoms with van der Waals surface area (Å²) in [5, 5.41) is 7.81. The molecule has 0 saturated heterocycles. The van der Waals surface area contributed by atoms with E-state index in [0.717, 1.165) is 11.5 Å². The first-order valence-corrected chi connectivity index (χ1v) is 9.17. The van der Waals surface area contributed by atoms with Crippen LogP contribution < -0.4 is 10.6 Å². The van der Waals surface area contributed by atoms with Gasteiger partial charge in [0.1, 0.15) is 0 Å². The van der Waals surface area contributed by atoms with Crippen LogP contribution in [0.4, 0.5) is 0 Å². The topological polar surface area (TPSA) is 24.1 Å². The Morgan fingerprint density at radius 2 is 1.68 bits per heavy atom. The van der Waals surface area contributed by atoms with Crippen molar-refractivity contribution in [3.63, 3.8) is 0 Å². The Bertz CT molecular complexity index is 461. The Kier molecular flexibility index (Phi) is 6.69. The second kappa shape index (κ2) is 8.52. The summed E-state index contributed by atoms with van der Waals surface area (Å²) in [7, 11) is 0. The fourth-order valence-electron chi connectivity index (χ4n) is 3.17. The summed E-state index contributed by atoms with van der Waals surface area (Å²) in [5.74, 6) is 0.580. The fraction of sp³-hybridized carbons (Fsp3) is 0.632. The van der Waals surface area contributed by atoms with E-state index >= 15 is 0 Å². The van der Waals surface area contributed by atoms with E-state index in [1.807, 2.05) is 0 Å². The van der Waals surface area contributed by atoms with Crippen molar-refractivity contribution < 1.29 is 0 Å². The molecule has 1 aliphatic carbocycles. The molecule has 0 aromatic heterocycles. The van der Waals surface area contributed by atoms with Gasteiger partial charge in [-0.15, -0.1) is 0 Å². The molecule has 2 rings (SSSR count). The molecule has 0 spiro atoms. The molecule has 3 heteroatoms. The largest absolute Gasteiger partial charge is 0.360 e. The molecule has 1 aromatic rings. The summed E-state index contributed by atoms with van der Waals surface area (Å²) >= 11 is 5.52. The van der Waals surface area contributed by atoms with Crippen LogP contribution in [0.25, 0.3) is 0 Å². The molecule has 0 unspecified atom stereocenters. The molecule has 0 heterocycles. The lowest BCUT2D eigenvalue weighted by atomic mass is 9.95. The van der Waals surface area contributed by atoms with Crippen LogP contribution >= 0.6 is 12.2 Å². The molecule has 1 aliphatic rings. The Morgan fingerprint density at radius 3 is 2.23 bits per heavy atom. The second-order valence-corrected chi connectivity index (χ2v) is 7.14. The molecule has 0 bridgehead atoms. The molecule has 1 saturated carbocycles. The van der Waals surface area contributed by atoms with Crippen molar-refractivity contribution in [2.45, 2.75) is 77.3 Å². The van der Waals surface area contributed by atoms with E-state index in [-0.39, 0.29) is 0 Å². The third kappa shape index (κ3) is 4.98. The summed E-state index contributed by atoms with van der Waals surface area (Å²) in [5.41, 5.74) is 2.71. The standard InChI is InChI=1S/C19H30N2S/c1-4-18(16-12-10-15(11-13-16)14(2)3)21-19(22)20-17-8-6-5-7-9-17/h10-14,17-18H,4-9H2,1-3H3,(H2,20,21,22)/t18-/m0/s1. The molecule has 122 valence electrons. The second-order valence-electron chi connectivity index (χ2n) is 6.73. The van der Waals surface area contributed by atoms with E-state index in [2.05, 4.69) is 55.7 Å². The van der Waals surface area contributed by atoms with E-state index in [9.17, 15) is 0 Å². The third-order valence-corrected chi connectivity index (χ3v) is 4.90. The van der Waals surface area contributed by atoms with E-state index in [1.165, 1.54) is 43.2 Å². The molecule has 1 fully saturated rings. The smallest absolute Gasteiger partial charge is 0.166 e. The van der Waals surface area contributed by atoms with Crippen molar-refractivity contribution in [3.05, 3.63) is 35.4 Å². The SMILES string of the molecule is CC[C@H](NC(=S)NC1CCCCC1)c1ccc(C(C)C)cc1. The predicted molar refractivity (Wildman–Crippen MR) is 99.3 cm³/mol. The maximum Gasteiger partial charge on any atom is 0.166 e. The molecule has 0 amide bonds. The first-order valence-electron chi connectivity index (χ1n) is 8.77. The van der Waals surface area contributed by atoms with Crippen LogP contribution in [0.15, 0.2) is 24.3 Å². The highest BCUT2D eigenvalue weighted by molar-refractivity contribution is 7.80. The minimum Gasteiger partial charge on any atom is -0.360 e. The van der Waals surface area contributed by atoms with Gasteiger partial charge in [-0.25, -0.2) is 0 Å². The molecule has 22 heavy (non-hydrogen) atoms. The quantitative estimate of drug-likeness (QED) is 0.742. The van der Waals surface area contributed by atoms with E-state index in [0.29, 0.717) is 18.0 Å². The van der Waals surface area contributed by atoms with Crippen LogP contribution in [-0.4, -0.2) is 11.2 Å². The lowest BCUT2D eigenvalue weighted by molar-refractivity contribution is 0.410. The Morgan fingerprint density at radius 1 is 1.09 bits per heavy atom. The van der Waals surface area contributed by atoms with Gasteiger partial charge >= 0.3 is 0 Å². The number of benzene rings is 1. The molecule has 0 radical (unpaired) electrons. The van der Waals surface area contributed by atoms with Crippen molar-refractivity contribution in [1.82, 2.24) is 10.6 Å².